The number of hydrogen-bond donors (Lipinski definition) is 2. The Morgan fingerprint density at radius 2 is 1.81 bits per heavy atom. The first-order chi connectivity index (χ1) is 15.5. The van der Waals surface area contributed by atoms with Gasteiger partial charge in [0.1, 0.15) is 0 Å². The molecule has 0 atom stereocenters. The Hall–Kier alpha value is -4.46. The first-order valence-electron chi connectivity index (χ1n) is 9.75. The largest absolute Gasteiger partial charge is 0.494 e. The number of carbonyl (C=O) groups is 1. The number of carbonyl (C=O) groups excluding carboxylic acids is 1. The number of aromatic hydroxyl groups is 1. The van der Waals surface area contributed by atoms with E-state index in [-0.39, 0.29) is 24.0 Å². The lowest BCUT2D eigenvalue weighted by atomic mass is 10.0. The molecule has 0 amide bonds. The summed E-state index contributed by atoms with van der Waals surface area (Å²) in [7, 11) is 1.34. The summed E-state index contributed by atoms with van der Waals surface area (Å²) in [6, 6.07) is 20.7. The molecule has 0 radical (unpaired) electrons. The van der Waals surface area contributed by atoms with Gasteiger partial charge in [-0.15, -0.1) is 0 Å². The van der Waals surface area contributed by atoms with Crippen molar-refractivity contribution in [1.82, 2.24) is 4.98 Å². The van der Waals surface area contributed by atoms with Crippen LogP contribution in [0.25, 0.3) is 10.9 Å². The number of benzene rings is 3. The number of aromatic amines is 1. The van der Waals surface area contributed by atoms with Gasteiger partial charge in [-0.2, -0.15) is 0 Å². The van der Waals surface area contributed by atoms with Crippen LogP contribution in [0.2, 0.25) is 0 Å². The number of fused-ring (bicyclic) bond motifs is 1. The first kappa shape index (κ1) is 20.8. The number of rotatable bonds is 6. The molecule has 8 nitrogen and oxygen atoms in total. The third-order valence-corrected chi connectivity index (χ3v) is 5.01. The van der Waals surface area contributed by atoms with Gasteiger partial charge in [0.2, 0.25) is 0 Å². The van der Waals surface area contributed by atoms with E-state index in [4.69, 9.17) is 9.73 Å². The number of esters is 1. The van der Waals surface area contributed by atoms with Crippen molar-refractivity contribution in [3.05, 3.63) is 99.6 Å². The molecule has 4 rings (SSSR count). The molecule has 32 heavy (non-hydrogen) atoms. The lowest BCUT2D eigenvalue weighted by molar-refractivity contribution is -0.384. The highest BCUT2D eigenvalue weighted by molar-refractivity contribution is 6.22. The highest BCUT2D eigenvalue weighted by Crippen LogP contribution is 2.33. The number of nitrogens with one attached hydrogen (secondary N) is 1. The van der Waals surface area contributed by atoms with Gasteiger partial charge in [0, 0.05) is 28.6 Å². The van der Waals surface area contributed by atoms with Crippen LogP contribution in [-0.4, -0.2) is 33.8 Å². The molecule has 1 heterocycles. The Labute approximate surface area is 183 Å². The summed E-state index contributed by atoms with van der Waals surface area (Å²) in [5, 5.41) is 22.5. The molecule has 160 valence electrons. The maximum Gasteiger partial charge on any atom is 0.309 e. The average Bonchev–Trinajstić information content (AvgIpc) is 3.13. The Morgan fingerprint density at radius 1 is 1.09 bits per heavy atom. The van der Waals surface area contributed by atoms with Crippen molar-refractivity contribution in [3.63, 3.8) is 0 Å². The standard InChI is InChI=1S/C24H19N3O5/c1-32-21(28)13-15-7-9-17(10-8-15)25-23(16-5-3-2-4-6-16)22-19-14-18(27(30)31)11-12-20(19)26-24(22)29/h2-12,14,26,29H,13H2,1H3. The number of ether oxygens (including phenoxy) is 1. The average molecular weight is 429 g/mol. The van der Waals surface area contributed by atoms with Gasteiger partial charge in [0.15, 0.2) is 5.88 Å². The van der Waals surface area contributed by atoms with Crippen molar-refractivity contribution in [1.29, 1.82) is 0 Å². The zero-order valence-electron chi connectivity index (χ0n) is 17.1. The third kappa shape index (κ3) is 4.20. The molecule has 0 aliphatic carbocycles. The van der Waals surface area contributed by atoms with Gasteiger partial charge in [-0.1, -0.05) is 42.5 Å². The number of nitrogens with zero attached hydrogens (tertiary/aromatic N) is 2. The topological polar surface area (TPSA) is 118 Å². The van der Waals surface area contributed by atoms with E-state index in [0.29, 0.717) is 27.9 Å². The van der Waals surface area contributed by atoms with Crippen molar-refractivity contribution >= 4 is 34.0 Å². The van der Waals surface area contributed by atoms with Crippen LogP contribution in [0.5, 0.6) is 5.88 Å². The molecule has 3 aromatic carbocycles. The van der Waals surface area contributed by atoms with Crippen molar-refractivity contribution < 1.29 is 19.6 Å². The summed E-state index contributed by atoms with van der Waals surface area (Å²) in [5.41, 5.74) is 3.40. The number of aliphatic imine (C=N–C) groups is 1. The lowest BCUT2D eigenvalue weighted by Gasteiger charge is -2.08. The van der Waals surface area contributed by atoms with E-state index >= 15 is 0 Å². The van der Waals surface area contributed by atoms with E-state index < -0.39 is 4.92 Å². The number of non-ortho nitro benzene ring substituents is 1. The second-order valence-electron chi connectivity index (χ2n) is 7.08. The molecule has 0 aliphatic rings. The van der Waals surface area contributed by atoms with Gasteiger partial charge in [-0.3, -0.25) is 14.9 Å². The molecule has 0 fully saturated rings. The Balaban J connectivity index is 1.86. The zero-order chi connectivity index (χ0) is 22.7. The third-order valence-electron chi connectivity index (χ3n) is 5.01. The molecular formula is C24H19N3O5. The number of nitro benzene ring substituents is 1. The molecule has 0 aliphatic heterocycles. The number of methoxy groups -OCH3 is 1. The molecule has 0 spiro atoms. The molecular weight excluding hydrogens is 410 g/mol. The fourth-order valence-corrected chi connectivity index (χ4v) is 3.44. The quantitative estimate of drug-likeness (QED) is 0.200. The van der Waals surface area contributed by atoms with Crippen LogP contribution in [0, 0.1) is 10.1 Å². The van der Waals surface area contributed by atoms with Crippen molar-refractivity contribution in [2.24, 2.45) is 4.99 Å². The zero-order valence-corrected chi connectivity index (χ0v) is 17.1. The smallest absolute Gasteiger partial charge is 0.309 e. The predicted molar refractivity (Wildman–Crippen MR) is 121 cm³/mol. The Morgan fingerprint density at radius 3 is 2.47 bits per heavy atom. The SMILES string of the molecule is COC(=O)Cc1ccc(N=C(c2ccccc2)c2c(O)[nH]c3ccc([N+](=O)[O-])cc23)cc1. The highest BCUT2D eigenvalue weighted by atomic mass is 16.6. The van der Waals surface area contributed by atoms with Gasteiger partial charge in [0.25, 0.3) is 5.69 Å². The van der Waals surface area contributed by atoms with Crippen LogP contribution in [0.1, 0.15) is 16.7 Å². The fraction of sp³-hybridized carbons (Fsp3) is 0.0833. The minimum absolute atomic E-state index is 0.0858. The number of nitro groups is 1. The molecule has 0 bridgehead atoms. The molecule has 0 saturated heterocycles. The van der Waals surface area contributed by atoms with E-state index in [0.717, 1.165) is 11.1 Å². The lowest BCUT2D eigenvalue weighted by Crippen LogP contribution is -2.04. The fourth-order valence-electron chi connectivity index (χ4n) is 3.44. The van der Waals surface area contributed by atoms with Crippen LogP contribution < -0.4 is 0 Å². The Kier molecular flexibility index (Phi) is 5.67. The van der Waals surface area contributed by atoms with E-state index in [9.17, 15) is 20.0 Å². The van der Waals surface area contributed by atoms with E-state index in [1.165, 1.54) is 19.2 Å². The summed E-state index contributed by atoms with van der Waals surface area (Å²) >= 11 is 0. The van der Waals surface area contributed by atoms with Gasteiger partial charge >= 0.3 is 5.97 Å². The number of aromatic nitrogens is 1. The minimum atomic E-state index is -0.480. The molecule has 2 N–H and O–H groups in total. The van der Waals surface area contributed by atoms with Crippen LogP contribution in [0.4, 0.5) is 11.4 Å². The molecule has 4 aromatic rings. The number of H-pyrrole nitrogens is 1. The van der Waals surface area contributed by atoms with Crippen molar-refractivity contribution in [3.8, 4) is 5.88 Å². The normalized spacial score (nSPS) is 11.5. The van der Waals surface area contributed by atoms with Gasteiger partial charge < -0.3 is 14.8 Å². The van der Waals surface area contributed by atoms with E-state index in [1.807, 2.05) is 30.3 Å². The van der Waals surface area contributed by atoms with Crippen LogP contribution in [-0.2, 0) is 16.0 Å². The monoisotopic (exact) mass is 429 g/mol. The molecule has 8 heteroatoms. The van der Waals surface area contributed by atoms with Crippen LogP contribution >= 0.6 is 0 Å². The molecule has 1 aromatic heterocycles. The summed E-state index contributed by atoms with van der Waals surface area (Å²) in [4.78, 5) is 29.9. The van der Waals surface area contributed by atoms with Gasteiger partial charge in [-0.25, -0.2) is 4.99 Å². The summed E-state index contributed by atoms with van der Waals surface area (Å²) in [6.07, 6.45) is 0.152. The minimum Gasteiger partial charge on any atom is -0.494 e. The predicted octanol–water partition coefficient (Wildman–Crippen LogP) is 4.67. The van der Waals surface area contributed by atoms with Crippen LogP contribution in [0.15, 0.2) is 77.8 Å². The maximum absolute atomic E-state index is 11.5. The first-order valence-corrected chi connectivity index (χ1v) is 9.75. The maximum atomic E-state index is 11.5. The summed E-state index contributed by atoms with van der Waals surface area (Å²) in [5.74, 6) is -0.470. The summed E-state index contributed by atoms with van der Waals surface area (Å²) in [6.45, 7) is 0. The van der Waals surface area contributed by atoms with Gasteiger partial charge in [-0.05, 0) is 23.8 Å². The number of hydrogen-bond acceptors (Lipinski definition) is 6. The van der Waals surface area contributed by atoms with E-state index in [1.54, 1.807) is 30.3 Å². The van der Waals surface area contributed by atoms with Crippen molar-refractivity contribution in [2.75, 3.05) is 7.11 Å². The molecule has 0 saturated carbocycles. The van der Waals surface area contributed by atoms with E-state index in [2.05, 4.69) is 4.98 Å². The van der Waals surface area contributed by atoms with Crippen molar-refractivity contribution in [2.45, 2.75) is 6.42 Å². The second kappa shape index (κ2) is 8.73. The van der Waals surface area contributed by atoms with Crippen LogP contribution in [0.3, 0.4) is 0 Å². The highest BCUT2D eigenvalue weighted by Gasteiger charge is 2.20. The van der Waals surface area contributed by atoms with Gasteiger partial charge in [0.05, 0.1) is 35.4 Å². The molecule has 0 unspecified atom stereocenters. The second-order valence-corrected chi connectivity index (χ2v) is 7.08. The summed E-state index contributed by atoms with van der Waals surface area (Å²) < 4.78 is 4.69. The Bertz CT molecular complexity index is 1330.